The zero-order valence-corrected chi connectivity index (χ0v) is 10.2. The molecule has 90 valence electrons. The molecule has 0 saturated heterocycles. The van der Waals surface area contributed by atoms with Gasteiger partial charge in [0.25, 0.3) is 0 Å². The van der Waals surface area contributed by atoms with Crippen molar-refractivity contribution in [2.75, 3.05) is 5.32 Å². The summed E-state index contributed by atoms with van der Waals surface area (Å²) in [6.45, 7) is 2.42. The molecule has 0 radical (unpaired) electrons. The van der Waals surface area contributed by atoms with E-state index in [1.807, 2.05) is 6.92 Å². The summed E-state index contributed by atoms with van der Waals surface area (Å²) in [4.78, 5) is 19.1. The minimum atomic E-state index is -0.500. The molecule has 0 aliphatic heterocycles. The van der Waals surface area contributed by atoms with Crippen molar-refractivity contribution < 1.29 is 4.92 Å². The van der Waals surface area contributed by atoms with E-state index in [-0.39, 0.29) is 5.82 Å². The highest BCUT2D eigenvalue weighted by Gasteiger charge is 2.19. The van der Waals surface area contributed by atoms with Gasteiger partial charge in [-0.3, -0.25) is 4.57 Å². The smallest absolute Gasteiger partial charge is 0.359 e. The van der Waals surface area contributed by atoms with Gasteiger partial charge in [-0.15, -0.1) is 11.3 Å². The maximum Gasteiger partial charge on any atom is 0.406 e. The third kappa shape index (κ3) is 2.41. The van der Waals surface area contributed by atoms with Crippen LogP contribution >= 0.6 is 11.3 Å². The molecule has 0 saturated carbocycles. The number of hydrogen-bond donors (Lipinski definition) is 1. The van der Waals surface area contributed by atoms with Crippen molar-refractivity contribution in [1.82, 2.24) is 14.5 Å². The van der Waals surface area contributed by atoms with Gasteiger partial charge in [0.05, 0.1) is 11.6 Å². The molecule has 8 heteroatoms. The quantitative estimate of drug-likeness (QED) is 0.662. The number of nitro groups is 1. The number of rotatable bonds is 4. The summed E-state index contributed by atoms with van der Waals surface area (Å²) in [5.41, 5.74) is 0. The highest BCUT2D eigenvalue weighted by Crippen LogP contribution is 2.22. The molecule has 0 fully saturated rings. The molecule has 17 heavy (non-hydrogen) atoms. The minimum Gasteiger partial charge on any atom is -0.359 e. The van der Waals surface area contributed by atoms with Crippen molar-refractivity contribution in [3.63, 3.8) is 0 Å². The maximum absolute atomic E-state index is 10.7. The Bertz CT molecular complexity index is 547. The number of nitrogens with one attached hydrogen (secondary N) is 1. The lowest BCUT2D eigenvalue weighted by atomic mass is 10.5. The van der Waals surface area contributed by atoms with Crippen LogP contribution in [0, 0.1) is 17.0 Å². The minimum absolute atomic E-state index is 0.159. The third-order valence-corrected chi connectivity index (χ3v) is 3.10. The fourth-order valence-corrected chi connectivity index (χ4v) is 2.15. The van der Waals surface area contributed by atoms with Crippen LogP contribution in [0.25, 0.3) is 0 Å². The van der Waals surface area contributed by atoms with Gasteiger partial charge in [-0.2, -0.15) is 0 Å². The normalized spacial score (nSPS) is 10.5. The van der Waals surface area contributed by atoms with Gasteiger partial charge >= 0.3 is 5.82 Å². The summed E-state index contributed by atoms with van der Waals surface area (Å²) in [5, 5.41) is 14.7. The van der Waals surface area contributed by atoms with Gasteiger partial charge in [0.2, 0.25) is 12.1 Å². The SMILES string of the molecule is Cc1ncc(CNc2c([N+](=O)[O-])ncn2C)s1. The molecule has 2 aromatic rings. The van der Waals surface area contributed by atoms with Crippen molar-refractivity contribution in [3.8, 4) is 0 Å². The molecular weight excluding hydrogens is 242 g/mol. The van der Waals surface area contributed by atoms with Gasteiger partial charge < -0.3 is 15.4 Å². The van der Waals surface area contributed by atoms with Crippen LogP contribution in [0.5, 0.6) is 0 Å². The van der Waals surface area contributed by atoms with Crippen LogP contribution in [-0.4, -0.2) is 19.5 Å². The summed E-state index contributed by atoms with van der Waals surface area (Å²) < 4.78 is 1.59. The van der Waals surface area contributed by atoms with E-state index >= 15 is 0 Å². The van der Waals surface area contributed by atoms with Crippen LogP contribution in [0.15, 0.2) is 12.5 Å². The second kappa shape index (κ2) is 4.50. The Morgan fingerprint density at radius 1 is 1.59 bits per heavy atom. The molecule has 2 aromatic heterocycles. The van der Waals surface area contributed by atoms with Gasteiger partial charge in [-0.05, 0) is 16.8 Å². The highest BCUT2D eigenvalue weighted by molar-refractivity contribution is 7.11. The Labute approximate surface area is 101 Å². The molecule has 0 aliphatic carbocycles. The fraction of sp³-hybridized carbons (Fsp3) is 0.333. The predicted molar refractivity (Wildman–Crippen MR) is 64.0 cm³/mol. The summed E-state index contributed by atoms with van der Waals surface area (Å²) in [6, 6.07) is 0. The summed E-state index contributed by atoms with van der Waals surface area (Å²) >= 11 is 1.56. The van der Waals surface area contributed by atoms with Crippen LogP contribution in [-0.2, 0) is 13.6 Å². The number of imidazole rings is 1. The maximum atomic E-state index is 10.7. The molecule has 0 bridgehead atoms. The molecule has 2 rings (SSSR count). The first-order chi connectivity index (χ1) is 8.08. The van der Waals surface area contributed by atoms with E-state index in [2.05, 4.69) is 15.3 Å². The molecule has 0 unspecified atom stereocenters. The van der Waals surface area contributed by atoms with E-state index in [4.69, 9.17) is 0 Å². The van der Waals surface area contributed by atoms with E-state index in [1.54, 1.807) is 29.1 Å². The van der Waals surface area contributed by atoms with Crippen molar-refractivity contribution in [2.45, 2.75) is 13.5 Å². The van der Waals surface area contributed by atoms with Crippen LogP contribution in [0.1, 0.15) is 9.88 Å². The second-order valence-corrected chi connectivity index (χ2v) is 4.80. The van der Waals surface area contributed by atoms with Crippen molar-refractivity contribution in [3.05, 3.63) is 32.5 Å². The molecular formula is C9H11N5O2S. The molecule has 0 atom stereocenters. The molecule has 0 spiro atoms. The molecule has 7 nitrogen and oxygen atoms in total. The number of anilines is 1. The average Bonchev–Trinajstić information content (AvgIpc) is 2.82. The van der Waals surface area contributed by atoms with Gasteiger partial charge in [0.15, 0.2) is 0 Å². The largest absolute Gasteiger partial charge is 0.406 e. The Hall–Kier alpha value is -1.96. The zero-order valence-electron chi connectivity index (χ0n) is 9.38. The first-order valence-corrected chi connectivity index (χ1v) is 5.70. The number of aryl methyl sites for hydroxylation is 2. The number of aromatic nitrogens is 3. The molecule has 1 N–H and O–H groups in total. The first-order valence-electron chi connectivity index (χ1n) is 4.89. The summed E-state index contributed by atoms with van der Waals surface area (Å²) in [6.07, 6.45) is 3.17. The zero-order chi connectivity index (χ0) is 12.4. The Balaban J connectivity index is 2.13. The highest BCUT2D eigenvalue weighted by atomic mass is 32.1. The Kier molecular flexibility index (Phi) is 3.05. The Morgan fingerprint density at radius 2 is 2.35 bits per heavy atom. The van der Waals surface area contributed by atoms with E-state index in [0.29, 0.717) is 12.4 Å². The molecule has 0 amide bonds. The second-order valence-electron chi connectivity index (χ2n) is 3.48. The lowest BCUT2D eigenvalue weighted by Crippen LogP contribution is -2.04. The van der Waals surface area contributed by atoms with Gasteiger partial charge in [-0.25, -0.2) is 4.98 Å². The van der Waals surface area contributed by atoms with Crippen molar-refractivity contribution >= 4 is 23.0 Å². The summed E-state index contributed by atoms with van der Waals surface area (Å²) in [7, 11) is 1.71. The van der Waals surface area contributed by atoms with Crippen LogP contribution in [0.3, 0.4) is 0 Å². The van der Waals surface area contributed by atoms with Crippen molar-refractivity contribution in [2.24, 2.45) is 7.05 Å². The van der Waals surface area contributed by atoms with Gasteiger partial charge in [-0.1, -0.05) is 0 Å². The number of nitrogens with zero attached hydrogens (tertiary/aromatic N) is 4. The lowest BCUT2D eigenvalue weighted by molar-refractivity contribution is -0.388. The standard InChI is InChI=1S/C9H11N5O2S/c1-6-10-3-7(17-6)4-11-8-9(14(15)16)12-5-13(8)2/h3,5,11H,4H2,1-2H3. The van der Waals surface area contributed by atoms with E-state index in [0.717, 1.165) is 9.88 Å². The van der Waals surface area contributed by atoms with Crippen LogP contribution < -0.4 is 5.32 Å². The molecule has 0 aliphatic rings. The van der Waals surface area contributed by atoms with Crippen LogP contribution in [0.4, 0.5) is 11.6 Å². The topological polar surface area (TPSA) is 85.9 Å². The monoisotopic (exact) mass is 253 g/mol. The average molecular weight is 253 g/mol. The third-order valence-electron chi connectivity index (χ3n) is 2.19. The van der Waals surface area contributed by atoms with E-state index in [1.165, 1.54) is 6.33 Å². The lowest BCUT2D eigenvalue weighted by Gasteiger charge is -2.03. The first kappa shape index (κ1) is 11.5. The van der Waals surface area contributed by atoms with E-state index < -0.39 is 4.92 Å². The van der Waals surface area contributed by atoms with Crippen LogP contribution in [0.2, 0.25) is 0 Å². The van der Waals surface area contributed by atoms with Gasteiger partial charge in [0.1, 0.15) is 0 Å². The predicted octanol–water partition coefficient (Wildman–Crippen LogP) is 1.71. The number of thiazole rings is 1. The fourth-order valence-electron chi connectivity index (χ4n) is 1.41. The van der Waals surface area contributed by atoms with Crippen molar-refractivity contribution in [1.29, 1.82) is 0 Å². The number of hydrogen-bond acceptors (Lipinski definition) is 6. The summed E-state index contributed by atoms with van der Waals surface area (Å²) in [5.74, 6) is 0.245. The Morgan fingerprint density at radius 3 is 2.94 bits per heavy atom. The molecule has 2 heterocycles. The van der Waals surface area contributed by atoms with E-state index in [9.17, 15) is 10.1 Å². The van der Waals surface area contributed by atoms with Gasteiger partial charge in [0, 0.05) is 18.1 Å². The molecule has 0 aromatic carbocycles.